The van der Waals surface area contributed by atoms with E-state index < -0.39 is 0 Å². The minimum Gasteiger partial charge on any atom is -0.303 e. The number of benzene rings is 1. The van der Waals surface area contributed by atoms with Gasteiger partial charge in [0.15, 0.2) is 0 Å². The Bertz CT molecular complexity index is 283. The van der Waals surface area contributed by atoms with Crippen LogP contribution in [0.25, 0.3) is 0 Å². The molecule has 1 aromatic carbocycles. The third kappa shape index (κ3) is 2.85. The summed E-state index contributed by atoms with van der Waals surface area (Å²) >= 11 is 5.97. The lowest BCUT2D eigenvalue weighted by Gasteiger charge is -2.08. The van der Waals surface area contributed by atoms with Crippen LogP contribution in [0.4, 0.5) is 0 Å². The van der Waals surface area contributed by atoms with E-state index in [4.69, 9.17) is 11.6 Å². The quantitative estimate of drug-likeness (QED) is 0.677. The van der Waals surface area contributed by atoms with Gasteiger partial charge < -0.3 is 4.79 Å². The minimum atomic E-state index is 0.0971. The molecule has 0 fully saturated rings. The Morgan fingerprint density at radius 1 is 1.46 bits per heavy atom. The predicted octanol–water partition coefficient (Wildman–Crippen LogP) is 3.11. The molecule has 0 aliphatic heterocycles. The van der Waals surface area contributed by atoms with E-state index in [1.54, 1.807) is 0 Å². The van der Waals surface area contributed by atoms with E-state index in [2.05, 4.69) is 0 Å². The molecular formula is C11H13ClO. The van der Waals surface area contributed by atoms with Gasteiger partial charge in [0.05, 0.1) is 0 Å². The number of carbonyl (C=O) groups is 1. The lowest BCUT2D eigenvalue weighted by atomic mass is 9.98. The summed E-state index contributed by atoms with van der Waals surface area (Å²) in [6.07, 6.45) is 2.62. The Balaban J connectivity index is 2.73. The van der Waals surface area contributed by atoms with Crippen LogP contribution in [0.3, 0.4) is 0 Å². The van der Waals surface area contributed by atoms with Crippen LogP contribution >= 0.6 is 11.6 Å². The number of halogens is 1. The van der Waals surface area contributed by atoms with Crippen LogP contribution in [0.15, 0.2) is 24.3 Å². The van der Waals surface area contributed by atoms with Crippen LogP contribution in [-0.4, -0.2) is 6.29 Å². The molecule has 0 N–H and O–H groups in total. The molecule has 70 valence electrons. The van der Waals surface area contributed by atoms with Gasteiger partial charge in [-0.3, -0.25) is 0 Å². The van der Waals surface area contributed by atoms with Crippen LogP contribution in [-0.2, 0) is 11.2 Å². The molecule has 0 spiro atoms. The second kappa shape index (κ2) is 5.03. The van der Waals surface area contributed by atoms with E-state index in [1.807, 2.05) is 31.2 Å². The summed E-state index contributed by atoms with van der Waals surface area (Å²) in [6.45, 7) is 2.01. The minimum absolute atomic E-state index is 0.0971. The first-order valence-electron chi connectivity index (χ1n) is 4.46. The van der Waals surface area contributed by atoms with Crippen LogP contribution in [0.2, 0.25) is 5.02 Å². The van der Waals surface area contributed by atoms with E-state index >= 15 is 0 Å². The Morgan fingerprint density at radius 3 is 2.69 bits per heavy atom. The smallest absolute Gasteiger partial charge is 0.123 e. The molecule has 0 aliphatic rings. The first-order chi connectivity index (χ1) is 6.27. The van der Waals surface area contributed by atoms with Crippen molar-refractivity contribution in [3.8, 4) is 0 Å². The number of hydrogen-bond donors (Lipinski definition) is 0. The molecule has 0 saturated heterocycles. The molecule has 1 nitrogen and oxygen atoms in total. The van der Waals surface area contributed by atoms with Crippen molar-refractivity contribution >= 4 is 17.9 Å². The molecule has 0 saturated carbocycles. The summed E-state index contributed by atoms with van der Waals surface area (Å²) in [5.74, 6) is 0.0971. The van der Waals surface area contributed by atoms with Gasteiger partial charge in [-0.1, -0.05) is 36.7 Å². The molecule has 0 radical (unpaired) electrons. The van der Waals surface area contributed by atoms with Gasteiger partial charge >= 0.3 is 0 Å². The molecule has 0 aromatic heterocycles. The Kier molecular flexibility index (Phi) is 3.97. The van der Waals surface area contributed by atoms with Crippen molar-refractivity contribution in [1.82, 2.24) is 0 Å². The second-order valence-corrected chi connectivity index (χ2v) is 3.51. The van der Waals surface area contributed by atoms with Crippen LogP contribution < -0.4 is 0 Å². The maximum Gasteiger partial charge on any atom is 0.123 e. The van der Waals surface area contributed by atoms with Crippen molar-refractivity contribution < 1.29 is 4.79 Å². The van der Waals surface area contributed by atoms with Gasteiger partial charge in [0.1, 0.15) is 6.29 Å². The monoisotopic (exact) mass is 196 g/mol. The zero-order chi connectivity index (χ0) is 9.68. The summed E-state index contributed by atoms with van der Waals surface area (Å²) in [5.41, 5.74) is 1.06. The highest BCUT2D eigenvalue weighted by Gasteiger charge is 2.07. The normalized spacial score (nSPS) is 12.5. The molecule has 13 heavy (non-hydrogen) atoms. The van der Waals surface area contributed by atoms with Crippen LogP contribution in [0.1, 0.15) is 18.9 Å². The maximum absolute atomic E-state index is 10.6. The number of rotatable bonds is 4. The number of carbonyl (C=O) groups excluding carboxylic acids is 1. The van der Waals surface area contributed by atoms with Gasteiger partial charge in [0.25, 0.3) is 0 Å². The predicted molar refractivity (Wildman–Crippen MR) is 55.0 cm³/mol. The molecule has 0 bridgehead atoms. The molecule has 0 amide bonds. The summed E-state index contributed by atoms with van der Waals surface area (Å²) < 4.78 is 0. The molecule has 0 heterocycles. The molecule has 1 atom stereocenters. The van der Waals surface area contributed by atoms with Crippen LogP contribution in [0.5, 0.6) is 0 Å². The fraction of sp³-hybridized carbons (Fsp3) is 0.364. The third-order valence-electron chi connectivity index (χ3n) is 2.16. The zero-order valence-electron chi connectivity index (χ0n) is 7.66. The summed E-state index contributed by atoms with van der Waals surface area (Å²) in [6, 6.07) is 7.66. The highest BCUT2D eigenvalue weighted by atomic mass is 35.5. The van der Waals surface area contributed by atoms with Crippen LogP contribution in [0, 0.1) is 5.92 Å². The van der Waals surface area contributed by atoms with Gasteiger partial charge in [-0.05, 0) is 24.5 Å². The fourth-order valence-corrected chi connectivity index (χ4v) is 1.45. The highest BCUT2D eigenvalue weighted by Crippen LogP contribution is 2.19. The molecule has 2 heteroatoms. The Hall–Kier alpha value is -0.820. The lowest BCUT2D eigenvalue weighted by Crippen LogP contribution is -2.04. The van der Waals surface area contributed by atoms with Gasteiger partial charge in [0, 0.05) is 10.9 Å². The van der Waals surface area contributed by atoms with E-state index in [9.17, 15) is 4.79 Å². The van der Waals surface area contributed by atoms with Crippen molar-refractivity contribution in [1.29, 1.82) is 0 Å². The summed E-state index contributed by atoms with van der Waals surface area (Å²) in [4.78, 5) is 10.6. The summed E-state index contributed by atoms with van der Waals surface area (Å²) in [7, 11) is 0. The van der Waals surface area contributed by atoms with E-state index in [1.165, 1.54) is 0 Å². The molecule has 1 aromatic rings. The van der Waals surface area contributed by atoms with E-state index in [-0.39, 0.29) is 5.92 Å². The third-order valence-corrected chi connectivity index (χ3v) is 2.53. The topological polar surface area (TPSA) is 17.1 Å². The maximum atomic E-state index is 10.6. The van der Waals surface area contributed by atoms with E-state index in [0.29, 0.717) is 0 Å². The van der Waals surface area contributed by atoms with Gasteiger partial charge in [-0.2, -0.15) is 0 Å². The average Bonchev–Trinajstić information content (AvgIpc) is 2.17. The lowest BCUT2D eigenvalue weighted by molar-refractivity contribution is -0.111. The SMILES string of the molecule is CCC(C=O)Cc1ccccc1Cl. The van der Waals surface area contributed by atoms with E-state index in [0.717, 1.165) is 29.7 Å². The van der Waals surface area contributed by atoms with Crippen molar-refractivity contribution in [3.05, 3.63) is 34.9 Å². The average molecular weight is 197 g/mol. The highest BCUT2D eigenvalue weighted by molar-refractivity contribution is 6.31. The van der Waals surface area contributed by atoms with Crippen molar-refractivity contribution in [3.63, 3.8) is 0 Å². The standard InChI is InChI=1S/C11H13ClO/c1-2-9(8-13)7-10-5-3-4-6-11(10)12/h3-6,8-9H,2,7H2,1H3. The largest absolute Gasteiger partial charge is 0.303 e. The Morgan fingerprint density at radius 2 is 2.15 bits per heavy atom. The number of hydrogen-bond acceptors (Lipinski definition) is 1. The van der Waals surface area contributed by atoms with Crippen molar-refractivity contribution in [2.75, 3.05) is 0 Å². The van der Waals surface area contributed by atoms with Gasteiger partial charge in [-0.25, -0.2) is 0 Å². The number of aldehydes is 1. The summed E-state index contributed by atoms with van der Waals surface area (Å²) in [5, 5.41) is 0.753. The first-order valence-corrected chi connectivity index (χ1v) is 4.84. The molecule has 0 aliphatic carbocycles. The van der Waals surface area contributed by atoms with Gasteiger partial charge in [-0.15, -0.1) is 0 Å². The molecule has 1 unspecified atom stereocenters. The second-order valence-electron chi connectivity index (χ2n) is 3.10. The zero-order valence-corrected chi connectivity index (χ0v) is 8.42. The Labute approximate surface area is 83.7 Å². The fourth-order valence-electron chi connectivity index (χ4n) is 1.24. The van der Waals surface area contributed by atoms with Gasteiger partial charge in [0.2, 0.25) is 0 Å². The molecular weight excluding hydrogens is 184 g/mol. The van der Waals surface area contributed by atoms with Crippen molar-refractivity contribution in [2.24, 2.45) is 5.92 Å². The first kappa shape index (κ1) is 10.3. The van der Waals surface area contributed by atoms with Crippen molar-refractivity contribution in [2.45, 2.75) is 19.8 Å². The molecule has 1 rings (SSSR count).